The Labute approximate surface area is 125 Å². The van der Waals surface area contributed by atoms with Gasteiger partial charge in [-0.15, -0.1) is 0 Å². The van der Waals surface area contributed by atoms with E-state index in [1.54, 1.807) is 0 Å². The van der Waals surface area contributed by atoms with E-state index in [2.05, 4.69) is 38.6 Å². The average Bonchev–Trinajstić information content (AvgIpc) is 2.92. The number of imidazole rings is 1. The Bertz CT molecular complexity index is 690. The minimum atomic E-state index is 0.915. The summed E-state index contributed by atoms with van der Waals surface area (Å²) in [6, 6.07) is 10.2. The fraction of sp³-hybridized carbons (Fsp3) is 0.294. The molecule has 0 fully saturated rings. The van der Waals surface area contributed by atoms with E-state index in [-0.39, 0.29) is 0 Å². The molecule has 21 heavy (non-hydrogen) atoms. The van der Waals surface area contributed by atoms with Gasteiger partial charge < -0.3 is 9.30 Å². The van der Waals surface area contributed by atoms with Crippen LogP contribution < -0.4 is 0 Å². The molecule has 0 aromatic carbocycles. The van der Waals surface area contributed by atoms with Gasteiger partial charge in [0, 0.05) is 25.1 Å². The molecule has 3 heterocycles. The normalized spacial score (nSPS) is 11.3. The molecular weight excluding hydrogens is 260 g/mol. The standard InChI is InChI=1S/C17H20N4/c1-20(10-5-7-15-6-4-9-18-12-15)14-16-13-19-17-8-2-3-11-21(16)17/h2-4,6,8-9,11-13H,5,7,10,14H2,1H3. The van der Waals surface area contributed by atoms with E-state index in [0.717, 1.165) is 31.6 Å². The van der Waals surface area contributed by atoms with Gasteiger partial charge in [-0.05, 0) is 50.2 Å². The molecule has 3 aromatic rings. The van der Waals surface area contributed by atoms with Gasteiger partial charge >= 0.3 is 0 Å². The Balaban J connectivity index is 1.53. The van der Waals surface area contributed by atoms with Crippen molar-refractivity contribution in [2.24, 2.45) is 0 Å². The summed E-state index contributed by atoms with van der Waals surface area (Å²) in [5, 5.41) is 0. The quantitative estimate of drug-likeness (QED) is 0.696. The molecule has 0 amide bonds. The van der Waals surface area contributed by atoms with Crippen molar-refractivity contribution >= 4 is 5.65 Å². The molecule has 0 aliphatic rings. The van der Waals surface area contributed by atoms with Crippen LogP contribution in [0.1, 0.15) is 17.7 Å². The predicted octanol–water partition coefficient (Wildman–Crippen LogP) is 2.79. The molecule has 4 nitrogen and oxygen atoms in total. The molecule has 0 aliphatic carbocycles. The topological polar surface area (TPSA) is 33.4 Å². The molecule has 0 unspecified atom stereocenters. The van der Waals surface area contributed by atoms with E-state index < -0.39 is 0 Å². The summed E-state index contributed by atoms with van der Waals surface area (Å²) in [6.45, 7) is 1.98. The first-order valence-corrected chi connectivity index (χ1v) is 7.31. The lowest BCUT2D eigenvalue weighted by atomic mass is 10.1. The summed E-state index contributed by atoms with van der Waals surface area (Å²) >= 11 is 0. The predicted molar refractivity (Wildman–Crippen MR) is 84.1 cm³/mol. The van der Waals surface area contributed by atoms with Gasteiger partial charge in [-0.2, -0.15) is 0 Å². The number of nitrogens with zero attached hydrogens (tertiary/aromatic N) is 4. The smallest absolute Gasteiger partial charge is 0.136 e. The molecule has 3 aromatic heterocycles. The SMILES string of the molecule is CN(CCCc1cccnc1)Cc1cnc2ccccn12. The number of rotatable bonds is 6. The molecule has 0 atom stereocenters. The Morgan fingerprint density at radius 3 is 2.95 bits per heavy atom. The largest absolute Gasteiger partial charge is 0.303 e. The number of pyridine rings is 2. The van der Waals surface area contributed by atoms with Crippen LogP contribution in [0.2, 0.25) is 0 Å². The molecule has 3 rings (SSSR count). The van der Waals surface area contributed by atoms with Crippen molar-refractivity contribution in [2.75, 3.05) is 13.6 Å². The lowest BCUT2D eigenvalue weighted by molar-refractivity contribution is 0.317. The lowest BCUT2D eigenvalue weighted by Gasteiger charge is -2.16. The third-order valence-corrected chi connectivity index (χ3v) is 3.65. The van der Waals surface area contributed by atoms with E-state index in [4.69, 9.17) is 0 Å². The second-order valence-corrected chi connectivity index (χ2v) is 5.38. The third-order valence-electron chi connectivity index (χ3n) is 3.65. The molecule has 108 valence electrons. The van der Waals surface area contributed by atoms with Crippen LogP contribution in [-0.4, -0.2) is 32.9 Å². The maximum atomic E-state index is 4.43. The van der Waals surface area contributed by atoms with Crippen molar-refractivity contribution in [1.82, 2.24) is 19.3 Å². The second kappa shape index (κ2) is 6.50. The first kappa shape index (κ1) is 13.8. The van der Waals surface area contributed by atoms with Gasteiger partial charge in [0.05, 0.1) is 11.9 Å². The van der Waals surface area contributed by atoms with Gasteiger partial charge in [0.2, 0.25) is 0 Å². The highest BCUT2D eigenvalue weighted by atomic mass is 15.1. The zero-order chi connectivity index (χ0) is 14.5. The van der Waals surface area contributed by atoms with Crippen molar-refractivity contribution in [3.8, 4) is 0 Å². The van der Waals surface area contributed by atoms with Crippen LogP contribution in [0.25, 0.3) is 5.65 Å². The number of aromatic nitrogens is 3. The van der Waals surface area contributed by atoms with E-state index >= 15 is 0 Å². The molecule has 0 radical (unpaired) electrons. The summed E-state index contributed by atoms with van der Waals surface area (Å²) in [7, 11) is 2.16. The minimum absolute atomic E-state index is 0.915. The van der Waals surface area contributed by atoms with Gasteiger partial charge in [-0.1, -0.05) is 12.1 Å². The molecule has 0 saturated carbocycles. The van der Waals surface area contributed by atoms with Crippen LogP contribution in [0.5, 0.6) is 0 Å². The molecule has 0 saturated heterocycles. The van der Waals surface area contributed by atoms with Gasteiger partial charge in [0.15, 0.2) is 0 Å². The number of hydrogen-bond acceptors (Lipinski definition) is 3. The fourth-order valence-electron chi connectivity index (χ4n) is 2.56. The fourth-order valence-corrected chi connectivity index (χ4v) is 2.56. The van der Waals surface area contributed by atoms with Gasteiger partial charge in [-0.3, -0.25) is 4.98 Å². The summed E-state index contributed by atoms with van der Waals surface area (Å²) in [5.41, 5.74) is 3.55. The Morgan fingerprint density at radius 2 is 2.10 bits per heavy atom. The Hall–Kier alpha value is -2.20. The third kappa shape index (κ3) is 3.47. The second-order valence-electron chi connectivity index (χ2n) is 5.38. The van der Waals surface area contributed by atoms with Crippen molar-refractivity contribution in [1.29, 1.82) is 0 Å². The van der Waals surface area contributed by atoms with Crippen LogP contribution in [0.4, 0.5) is 0 Å². The van der Waals surface area contributed by atoms with Gasteiger partial charge in [-0.25, -0.2) is 4.98 Å². The molecule has 0 aliphatic heterocycles. The molecular formula is C17H20N4. The highest BCUT2D eigenvalue weighted by Gasteiger charge is 2.06. The maximum absolute atomic E-state index is 4.43. The minimum Gasteiger partial charge on any atom is -0.303 e. The zero-order valence-corrected chi connectivity index (χ0v) is 12.3. The van der Waals surface area contributed by atoms with E-state index in [0.29, 0.717) is 0 Å². The first-order valence-electron chi connectivity index (χ1n) is 7.31. The van der Waals surface area contributed by atoms with Crippen molar-refractivity contribution in [3.05, 3.63) is 66.4 Å². The van der Waals surface area contributed by atoms with E-state index in [1.807, 2.05) is 42.9 Å². The van der Waals surface area contributed by atoms with Crippen LogP contribution >= 0.6 is 0 Å². The van der Waals surface area contributed by atoms with Gasteiger partial charge in [0.1, 0.15) is 5.65 Å². The molecule has 4 heteroatoms. The van der Waals surface area contributed by atoms with Crippen LogP contribution in [0.3, 0.4) is 0 Å². The molecule has 0 bridgehead atoms. The van der Waals surface area contributed by atoms with Crippen LogP contribution in [0.15, 0.2) is 55.1 Å². The number of hydrogen-bond donors (Lipinski definition) is 0. The van der Waals surface area contributed by atoms with Gasteiger partial charge in [0.25, 0.3) is 0 Å². The van der Waals surface area contributed by atoms with Crippen LogP contribution in [0, 0.1) is 0 Å². The number of fused-ring (bicyclic) bond motifs is 1. The van der Waals surface area contributed by atoms with Crippen molar-refractivity contribution in [3.63, 3.8) is 0 Å². The summed E-state index contributed by atoms with van der Waals surface area (Å²) in [4.78, 5) is 10.9. The Kier molecular flexibility index (Phi) is 4.26. The van der Waals surface area contributed by atoms with Crippen molar-refractivity contribution in [2.45, 2.75) is 19.4 Å². The number of aryl methyl sites for hydroxylation is 1. The van der Waals surface area contributed by atoms with Crippen LogP contribution in [-0.2, 0) is 13.0 Å². The highest BCUT2D eigenvalue weighted by molar-refractivity contribution is 5.39. The highest BCUT2D eigenvalue weighted by Crippen LogP contribution is 2.09. The average molecular weight is 280 g/mol. The molecule has 0 N–H and O–H groups in total. The molecule has 0 spiro atoms. The summed E-state index contributed by atoms with van der Waals surface area (Å²) in [5.74, 6) is 0. The van der Waals surface area contributed by atoms with E-state index in [1.165, 1.54) is 11.3 Å². The maximum Gasteiger partial charge on any atom is 0.136 e. The zero-order valence-electron chi connectivity index (χ0n) is 12.3. The summed E-state index contributed by atoms with van der Waals surface area (Å²) in [6.07, 6.45) is 10.0. The lowest BCUT2D eigenvalue weighted by Crippen LogP contribution is -2.20. The van der Waals surface area contributed by atoms with E-state index in [9.17, 15) is 0 Å². The first-order chi connectivity index (χ1) is 10.3. The summed E-state index contributed by atoms with van der Waals surface area (Å²) < 4.78 is 2.15. The monoisotopic (exact) mass is 280 g/mol. The Morgan fingerprint density at radius 1 is 1.14 bits per heavy atom. The van der Waals surface area contributed by atoms with Crippen molar-refractivity contribution < 1.29 is 0 Å².